The van der Waals surface area contributed by atoms with Crippen molar-refractivity contribution < 1.29 is 0 Å². The quantitative estimate of drug-likeness (QED) is 0.652. The molecule has 0 amide bonds. The summed E-state index contributed by atoms with van der Waals surface area (Å²) in [5.74, 6) is 6.15. The molecule has 0 aromatic heterocycles. The van der Waals surface area contributed by atoms with Crippen molar-refractivity contribution in [3.8, 4) is 0 Å². The van der Waals surface area contributed by atoms with E-state index in [0.29, 0.717) is 10.8 Å². The Morgan fingerprint density at radius 2 is 1.81 bits per heavy atom. The molecule has 7 unspecified atom stereocenters. The first-order chi connectivity index (χ1) is 7.42. The van der Waals surface area contributed by atoms with Gasteiger partial charge in [0.05, 0.1) is 0 Å². The number of fused-ring (bicyclic) bond motifs is 1. The number of hydrogen-bond donors (Lipinski definition) is 0. The van der Waals surface area contributed by atoms with Crippen LogP contribution in [0.15, 0.2) is 0 Å². The van der Waals surface area contributed by atoms with E-state index in [1.54, 1.807) is 0 Å². The third-order valence-electron chi connectivity index (χ3n) is 7.21. The highest BCUT2D eigenvalue weighted by Crippen LogP contribution is 2.86. The van der Waals surface area contributed by atoms with Crippen molar-refractivity contribution >= 4 is 0 Å². The van der Waals surface area contributed by atoms with Gasteiger partial charge in [-0.25, -0.2) is 0 Å². The Labute approximate surface area is 101 Å². The lowest BCUT2D eigenvalue weighted by molar-refractivity contribution is -0.0756. The Morgan fingerprint density at radius 1 is 1.25 bits per heavy atom. The molecule has 0 nitrogen and oxygen atoms in total. The molecular weight excluding hydrogens is 192 g/mol. The molecule has 92 valence electrons. The van der Waals surface area contributed by atoms with Crippen molar-refractivity contribution in [3.05, 3.63) is 0 Å². The van der Waals surface area contributed by atoms with Gasteiger partial charge in [-0.2, -0.15) is 0 Å². The molecule has 0 heterocycles. The summed E-state index contributed by atoms with van der Waals surface area (Å²) in [5.41, 5.74) is 1.40. The van der Waals surface area contributed by atoms with Crippen molar-refractivity contribution in [1.82, 2.24) is 0 Å². The molecule has 0 N–H and O–H groups in total. The average Bonchev–Trinajstić information content (AvgIpc) is 3.02. The van der Waals surface area contributed by atoms with E-state index in [1.165, 1.54) is 12.8 Å². The maximum Gasteiger partial charge on any atom is -0.0186 e. The fraction of sp³-hybridized carbons (Fsp3) is 1.00. The van der Waals surface area contributed by atoms with E-state index in [4.69, 9.17) is 0 Å². The van der Waals surface area contributed by atoms with Crippen LogP contribution in [0.1, 0.15) is 54.4 Å². The Kier molecular flexibility index (Phi) is 1.99. The third-order valence-corrected chi connectivity index (χ3v) is 7.21. The first-order valence-corrected chi connectivity index (χ1v) is 7.42. The lowest BCUT2D eigenvalue weighted by Gasteiger charge is -2.55. The standard InChI is InChI=1S/C16H28/c1-7-12-13-11(5)14(13)15(12,6)16(9(2)3)8-10(16)4/h9-14H,7-8H2,1-6H3. The molecule has 3 rings (SSSR count). The van der Waals surface area contributed by atoms with Gasteiger partial charge in [-0.15, -0.1) is 0 Å². The predicted octanol–water partition coefficient (Wildman–Crippen LogP) is 4.60. The molecule has 0 radical (unpaired) electrons. The van der Waals surface area contributed by atoms with Crippen LogP contribution < -0.4 is 0 Å². The van der Waals surface area contributed by atoms with E-state index in [1.807, 2.05) is 0 Å². The summed E-state index contributed by atoms with van der Waals surface area (Å²) < 4.78 is 0. The summed E-state index contributed by atoms with van der Waals surface area (Å²) in [5, 5.41) is 0. The fourth-order valence-corrected chi connectivity index (χ4v) is 6.56. The van der Waals surface area contributed by atoms with Crippen molar-refractivity contribution in [2.45, 2.75) is 54.4 Å². The second kappa shape index (κ2) is 2.87. The summed E-state index contributed by atoms with van der Waals surface area (Å²) in [7, 11) is 0. The predicted molar refractivity (Wildman–Crippen MR) is 69.1 cm³/mol. The van der Waals surface area contributed by atoms with Crippen LogP contribution in [-0.4, -0.2) is 0 Å². The molecule has 0 bridgehead atoms. The zero-order chi connectivity index (χ0) is 11.9. The molecule has 3 aliphatic rings. The molecular formula is C16H28. The van der Waals surface area contributed by atoms with Crippen molar-refractivity contribution in [1.29, 1.82) is 0 Å². The van der Waals surface area contributed by atoms with E-state index in [-0.39, 0.29) is 0 Å². The average molecular weight is 220 g/mol. The van der Waals surface area contributed by atoms with Gasteiger partial charge in [0, 0.05) is 0 Å². The molecule has 3 saturated carbocycles. The molecule has 0 aromatic carbocycles. The lowest BCUT2D eigenvalue weighted by Crippen LogP contribution is -2.50. The highest BCUT2D eigenvalue weighted by molar-refractivity contribution is 5.29. The van der Waals surface area contributed by atoms with E-state index >= 15 is 0 Å². The highest BCUT2D eigenvalue weighted by atomic mass is 14.9. The van der Waals surface area contributed by atoms with Gasteiger partial charge in [0.1, 0.15) is 0 Å². The largest absolute Gasteiger partial charge is 0.0651 e. The zero-order valence-electron chi connectivity index (χ0n) is 11.9. The number of hydrogen-bond acceptors (Lipinski definition) is 0. The van der Waals surface area contributed by atoms with Crippen LogP contribution in [0.2, 0.25) is 0 Å². The van der Waals surface area contributed by atoms with Crippen molar-refractivity contribution in [3.63, 3.8) is 0 Å². The maximum absolute atomic E-state index is 2.65. The van der Waals surface area contributed by atoms with Crippen LogP contribution in [0.5, 0.6) is 0 Å². The van der Waals surface area contributed by atoms with Crippen LogP contribution in [0, 0.1) is 46.3 Å². The minimum Gasteiger partial charge on any atom is -0.0651 e. The Morgan fingerprint density at radius 3 is 2.19 bits per heavy atom. The lowest BCUT2D eigenvalue weighted by atomic mass is 9.49. The van der Waals surface area contributed by atoms with Crippen molar-refractivity contribution in [2.24, 2.45) is 46.3 Å². The maximum atomic E-state index is 2.65. The first kappa shape index (κ1) is 11.1. The SMILES string of the molecule is CCC1C2C(C)C2C1(C)C1(C(C)C)CC1C. The molecule has 0 aromatic rings. The molecule has 0 saturated heterocycles. The second-order valence-electron chi connectivity index (χ2n) is 7.56. The van der Waals surface area contributed by atoms with Crippen LogP contribution in [0.25, 0.3) is 0 Å². The molecule has 0 spiro atoms. The molecule has 0 heteroatoms. The first-order valence-electron chi connectivity index (χ1n) is 7.42. The summed E-state index contributed by atoms with van der Waals surface area (Å²) in [6.07, 6.45) is 2.93. The van der Waals surface area contributed by atoms with E-state index in [0.717, 1.165) is 35.5 Å². The molecule has 7 atom stereocenters. The van der Waals surface area contributed by atoms with E-state index in [9.17, 15) is 0 Å². The number of rotatable bonds is 3. The van der Waals surface area contributed by atoms with Crippen LogP contribution >= 0.6 is 0 Å². The minimum absolute atomic E-state index is 0.694. The van der Waals surface area contributed by atoms with E-state index < -0.39 is 0 Å². The van der Waals surface area contributed by atoms with Gasteiger partial charge in [-0.3, -0.25) is 0 Å². The topological polar surface area (TPSA) is 0 Å². The summed E-state index contributed by atoms with van der Waals surface area (Å²) in [6, 6.07) is 0. The Bertz CT molecular complexity index is 318. The van der Waals surface area contributed by atoms with Crippen LogP contribution in [0.3, 0.4) is 0 Å². The van der Waals surface area contributed by atoms with Crippen molar-refractivity contribution in [2.75, 3.05) is 0 Å². The van der Waals surface area contributed by atoms with E-state index in [2.05, 4.69) is 41.5 Å². The zero-order valence-corrected chi connectivity index (χ0v) is 11.9. The molecule has 0 aliphatic heterocycles. The van der Waals surface area contributed by atoms with Crippen LogP contribution in [0.4, 0.5) is 0 Å². The fourth-order valence-electron chi connectivity index (χ4n) is 6.56. The third kappa shape index (κ3) is 0.875. The molecule has 16 heavy (non-hydrogen) atoms. The van der Waals surface area contributed by atoms with Gasteiger partial charge in [0.2, 0.25) is 0 Å². The van der Waals surface area contributed by atoms with Gasteiger partial charge >= 0.3 is 0 Å². The highest BCUT2D eigenvalue weighted by Gasteiger charge is 2.81. The summed E-state index contributed by atoms with van der Waals surface area (Å²) in [4.78, 5) is 0. The van der Waals surface area contributed by atoms with Gasteiger partial charge < -0.3 is 0 Å². The Hall–Kier alpha value is 0. The Balaban J connectivity index is 1.94. The van der Waals surface area contributed by atoms with Gasteiger partial charge in [0.15, 0.2) is 0 Å². The van der Waals surface area contributed by atoms with Gasteiger partial charge in [0.25, 0.3) is 0 Å². The van der Waals surface area contributed by atoms with Gasteiger partial charge in [-0.1, -0.05) is 48.0 Å². The normalized spacial score (nSPS) is 62.8. The van der Waals surface area contributed by atoms with Gasteiger partial charge in [-0.05, 0) is 52.8 Å². The smallest absolute Gasteiger partial charge is 0.0186 e. The molecule has 3 aliphatic carbocycles. The second-order valence-corrected chi connectivity index (χ2v) is 7.56. The summed E-state index contributed by atoms with van der Waals surface area (Å²) in [6.45, 7) is 15.0. The minimum atomic E-state index is 0.694. The monoisotopic (exact) mass is 220 g/mol. The molecule has 3 fully saturated rings. The van der Waals surface area contributed by atoms with Crippen LogP contribution in [-0.2, 0) is 0 Å². The summed E-state index contributed by atoms with van der Waals surface area (Å²) >= 11 is 0.